The number of aromatic nitrogens is 2. The van der Waals surface area contributed by atoms with Crippen LogP contribution in [0.25, 0.3) is 0 Å². The predicted molar refractivity (Wildman–Crippen MR) is 75.6 cm³/mol. The highest BCUT2D eigenvalue weighted by atomic mass is 35.5. The Kier molecular flexibility index (Phi) is 4.58. The van der Waals surface area contributed by atoms with Gasteiger partial charge in [-0.25, -0.2) is 9.97 Å². The van der Waals surface area contributed by atoms with Gasteiger partial charge in [-0.3, -0.25) is 0 Å². The Morgan fingerprint density at radius 2 is 1.81 bits per heavy atom. The van der Waals surface area contributed by atoms with Gasteiger partial charge >= 0.3 is 6.18 Å². The number of hydrogen-bond donors (Lipinski definition) is 0. The molecule has 0 spiro atoms. The summed E-state index contributed by atoms with van der Waals surface area (Å²) in [6, 6.07) is 8.33. The monoisotopic (exact) mass is 335 g/mol. The molecular formula is C13H10Cl2F3N3. The lowest BCUT2D eigenvalue weighted by atomic mass is 10.2. The van der Waals surface area contributed by atoms with Crippen molar-refractivity contribution in [2.45, 2.75) is 12.7 Å². The van der Waals surface area contributed by atoms with Crippen molar-refractivity contribution in [1.82, 2.24) is 9.97 Å². The van der Waals surface area contributed by atoms with E-state index in [-0.39, 0.29) is 11.0 Å². The first-order chi connectivity index (χ1) is 9.77. The van der Waals surface area contributed by atoms with Gasteiger partial charge in [0.15, 0.2) is 0 Å². The van der Waals surface area contributed by atoms with E-state index in [0.29, 0.717) is 11.6 Å². The van der Waals surface area contributed by atoms with Crippen molar-refractivity contribution in [3.8, 4) is 0 Å². The lowest BCUT2D eigenvalue weighted by Gasteiger charge is -2.20. The zero-order chi connectivity index (χ0) is 15.6. The van der Waals surface area contributed by atoms with Crippen LogP contribution in [0.3, 0.4) is 0 Å². The Hall–Kier alpha value is -1.53. The molecule has 0 fully saturated rings. The zero-order valence-electron chi connectivity index (χ0n) is 10.8. The third-order valence-corrected chi connectivity index (χ3v) is 3.25. The Bertz CT molecular complexity index is 647. The fourth-order valence-electron chi connectivity index (χ4n) is 1.69. The van der Waals surface area contributed by atoms with Gasteiger partial charge in [0.1, 0.15) is 11.0 Å². The summed E-state index contributed by atoms with van der Waals surface area (Å²) < 4.78 is 38.0. The van der Waals surface area contributed by atoms with Crippen LogP contribution >= 0.6 is 23.2 Å². The molecule has 0 saturated carbocycles. The van der Waals surface area contributed by atoms with E-state index in [1.165, 1.54) is 11.0 Å². The first-order valence-electron chi connectivity index (χ1n) is 5.83. The zero-order valence-corrected chi connectivity index (χ0v) is 12.3. The summed E-state index contributed by atoms with van der Waals surface area (Å²) in [5.41, 5.74) is 0.768. The van der Waals surface area contributed by atoms with Crippen molar-refractivity contribution in [2.75, 3.05) is 11.9 Å². The first-order valence-corrected chi connectivity index (χ1v) is 6.59. The fraction of sp³-hybridized carbons (Fsp3) is 0.231. The molecule has 8 heteroatoms. The van der Waals surface area contributed by atoms with Gasteiger partial charge in [-0.05, 0) is 11.6 Å². The number of alkyl halides is 3. The second kappa shape index (κ2) is 6.07. The molecule has 21 heavy (non-hydrogen) atoms. The first kappa shape index (κ1) is 15.9. The minimum atomic E-state index is -4.65. The lowest BCUT2D eigenvalue weighted by molar-refractivity contribution is -0.144. The van der Waals surface area contributed by atoms with Crippen molar-refractivity contribution in [3.63, 3.8) is 0 Å². The smallest absolute Gasteiger partial charge is 0.355 e. The molecule has 0 aliphatic heterocycles. The highest BCUT2D eigenvalue weighted by molar-refractivity contribution is 6.31. The molecule has 0 aliphatic rings. The highest BCUT2D eigenvalue weighted by Crippen LogP contribution is 2.29. The van der Waals surface area contributed by atoms with Gasteiger partial charge in [0.25, 0.3) is 0 Å². The van der Waals surface area contributed by atoms with Crippen LogP contribution in [-0.2, 0) is 12.7 Å². The van der Waals surface area contributed by atoms with E-state index in [1.807, 2.05) is 0 Å². The third kappa shape index (κ3) is 3.98. The summed E-state index contributed by atoms with van der Waals surface area (Å²) in [4.78, 5) is 8.20. The molecule has 0 bridgehead atoms. The molecule has 1 heterocycles. The van der Waals surface area contributed by atoms with Crippen LogP contribution in [0.15, 0.2) is 30.3 Å². The summed E-state index contributed by atoms with van der Waals surface area (Å²) >= 11 is 11.7. The van der Waals surface area contributed by atoms with Crippen LogP contribution in [0, 0.1) is 0 Å². The van der Waals surface area contributed by atoms with Crippen LogP contribution in [0.1, 0.15) is 11.4 Å². The highest BCUT2D eigenvalue weighted by Gasteiger charge is 2.35. The molecule has 0 N–H and O–H groups in total. The molecule has 0 aliphatic carbocycles. The Balaban J connectivity index is 2.29. The van der Waals surface area contributed by atoms with Crippen LogP contribution in [0.4, 0.5) is 19.0 Å². The van der Waals surface area contributed by atoms with E-state index in [2.05, 4.69) is 9.97 Å². The van der Waals surface area contributed by atoms with Gasteiger partial charge < -0.3 is 4.90 Å². The SMILES string of the molecule is CN(Cc1ccccc1Cl)c1cc(Cl)nc(C(F)(F)F)n1. The number of benzene rings is 1. The Morgan fingerprint density at radius 1 is 1.14 bits per heavy atom. The average molecular weight is 336 g/mol. The van der Waals surface area contributed by atoms with E-state index in [4.69, 9.17) is 23.2 Å². The molecule has 3 nitrogen and oxygen atoms in total. The standard InChI is InChI=1S/C13H10Cl2F3N3/c1-21(7-8-4-2-3-5-9(8)14)11-6-10(15)19-12(20-11)13(16,17)18/h2-6H,7H2,1H3. The molecule has 0 saturated heterocycles. The molecule has 0 amide bonds. The molecule has 2 rings (SSSR count). The molecule has 1 aromatic heterocycles. The molecule has 0 unspecified atom stereocenters. The quantitative estimate of drug-likeness (QED) is 0.776. The van der Waals surface area contributed by atoms with Gasteiger partial charge in [-0.2, -0.15) is 13.2 Å². The van der Waals surface area contributed by atoms with Crippen molar-refractivity contribution in [1.29, 1.82) is 0 Å². The van der Waals surface area contributed by atoms with Gasteiger partial charge in [0.2, 0.25) is 5.82 Å². The molecular weight excluding hydrogens is 326 g/mol. The molecule has 0 radical (unpaired) electrons. The fourth-order valence-corrected chi connectivity index (χ4v) is 2.06. The van der Waals surface area contributed by atoms with Crippen molar-refractivity contribution in [2.24, 2.45) is 0 Å². The van der Waals surface area contributed by atoms with Crippen LogP contribution in [-0.4, -0.2) is 17.0 Å². The van der Waals surface area contributed by atoms with Crippen LogP contribution in [0.5, 0.6) is 0 Å². The predicted octanol–water partition coefficient (Wildman–Crippen LogP) is 4.44. The second-order valence-corrected chi connectivity index (χ2v) is 5.11. The molecule has 1 aromatic carbocycles. The van der Waals surface area contributed by atoms with E-state index in [0.717, 1.165) is 5.56 Å². The van der Waals surface area contributed by atoms with E-state index in [1.54, 1.807) is 31.3 Å². The van der Waals surface area contributed by atoms with Crippen molar-refractivity contribution < 1.29 is 13.2 Å². The van der Waals surface area contributed by atoms with Gasteiger partial charge in [0.05, 0.1) is 0 Å². The van der Waals surface area contributed by atoms with Gasteiger partial charge in [0, 0.05) is 24.7 Å². The summed E-state index contributed by atoms with van der Waals surface area (Å²) in [7, 11) is 1.60. The number of hydrogen-bond acceptors (Lipinski definition) is 3. The van der Waals surface area contributed by atoms with Gasteiger partial charge in [-0.1, -0.05) is 41.4 Å². The minimum Gasteiger partial charge on any atom is -0.355 e. The van der Waals surface area contributed by atoms with E-state index < -0.39 is 12.0 Å². The Morgan fingerprint density at radius 3 is 2.43 bits per heavy atom. The molecule has 112 valence electrons. The normalized spacial score (nSPS) is 11.5. The Labute approximate surface area is 129 Å². The van der Waals surface area contributed by atoms with E-state index in [9.17, 15) is 13.2 Å². The van der Waals surface area contributed by atoms with Gasteiger partial charge in [-0.15, -0.1) is 0 Å². The third-order valence-electron chi connectivity index (χ3n) is 2.69. The number of rotatable bonds is 3. The lowest BCUT2D eigenvalue weighted by Crippen LogP contribution is -2.21. The van der Waals surface area contributed by atoms with Crippen molar-refractivity contribution >= 4 is 29.0 Å². The summed E-state index contributed by atoms with van der Waals surface area (Å²) in [6.45, 7) is 0.296. The number of anilines is 1. The topological polar surface area (TPSA) is 29.0 Å². The van der Waals surface area contributed by atoms with E-state index >= 15 is 0 Å². The molecule has 0 atom stereocenters. The maximum absolute atomic E-state index is 12.7. The summed E-state index contributed by atoms with van der Waals surface area (Å²) in [6.07, 6.45) is -4.65. The second-order valence-electron chi connectivity index (χ2n) is 4.32. The molecule has 2 aromatic rings. The number of halogens is 5. The van der Waals surface area contributed by atoms with Crippen LogP contribution in [0.2, 0.25) is 10.2 Å². The minimum absolute atomic E-state index is 0.0715. The maximum atomic E-state index is 12.7. The van der Waals surface area contributed by atoms with Crippen molar-refractivity contribution in [3.05, 3.63) is 51.9 Å². The summed E-state index contributed by atoms with van der Waals surface area (Å²) in [5.74, 6) is -1.20. The summed E-state index contributed by atoms with van der Waals surface area (Å²) in [5, 5.41) is 0.263. The largest absolute Gasteiger partial charge is 0.451 e. The maximum Gasteiger partial charge on any atom is 0.451 e. The number of nitrogens with zero attached hydrogens (tertiary/aromatic N) is 3. The van der Waals surface area contributed by atoms with Crippen LogP contribution < -0.4 is 4.90 Å². The average Bonchev–Trinajstić information content (AvgIpc) is 2.39.